The third kappa shape index (κ3) is 4.26. The minimum atomic E-state index is -0.707. The van der Waals surface area contributed by atoms with Crippen molar-refractivity contribution in [2.24, 2.45) is 11.8 Å². The van der Waals surface area contributed by atoms with Gasteiger partial charge in [-0.05, 0) is 24.3 Å². The van der Waals surface area contributed by atoms with Gasteiger partial charge in [0.25, 0.3) is 0 Å². The molecule has 3 rings (SSSR count). The number of carboxylic acid groups (broad SMARTS) is 1. The van der Waals surface area contributed by atoms with E-state index in [0.717, 1.165) is 31.5 Å². The maximum absolute atomic E-state index is 12.2. The number of hydrogen-bond donors (Lipinski definition) is 1. The van der Waals surface area contributed by atoms with Crippen LogP contribution in [0.15, 0.2) is 30.3 Å². The van der Waals surface area contributed by atoms with Crippen molar-refractivity contribution in [2.45, 2.75) is 19.4 Å². The first-order valence-electron chi connectivity index (χ1n) is 8.52. The molecule has 6 nitrogen and oxygen atoms in total. The van der Waals surface area contributed by atoms with Crippen LogP contribution in [0, 0.1) is 11.8 Å². The summed E-state index contributed by atoms with van der Waals surface area (Å²) in [6.07, 6.45) is 1.80. The zero-order chi connectivity index (χ0) is 16.9. The predicted octanol–water partition coefficient (Wildman–Crippen LogP) is 2.05. The molecule has 1 N–H and O–H groups in total. The van der Waals surface area contributed by atoms with Gasteiger partial charge in [0, 0.05) is 32.7 Å². The number of piperidine rings is 1. The number of nitrogens with zero attached hydrogens (tertiary/aromatic N) is 2. The minimum absolute atomic E-state index is 0.222. The van der Waals surface area contributed by atoms with Crippen LogP contribution in [-0.4, -0.2) is 59.7 Å². The molecule has 0 aliphatic carbocycles. The number of ether oxygens (including phenoxy) is 1. The Kier molecular flexibility index (Phi) is 5.35. The highest BCUT2D eigenvalue weighted by atomic mass is 16.6. The third-order valence-electron chi connectivity index (χ3n) is 4.81. The number of hydrogen-bond acceptors (Lipinski definition) is 4. The summed E-state index contributed by atoms with van der Waals surface area (Å²) in [5, 5.41) is 8.93. The number of carbonyl (C=O) groups is 2. The van der Waals surface area contributed by atoms with Gasteiger partial charge in [-0.15, -0.1) is 0 Å². The molecule has 0 radical (unpaired) electrons. The quantitative estimate of drug-likeness (QED) is 0.894. The fourth-order valence-corrected chi connectivity index (χ4v) is 3.43. The average molecular weight is 332 g/mol. The largest absolute Gasteiger partial charge is 0.481 e. The first-order chi connectivity index (χ1) is 11.6. The molecule has 2 saturated heterocycles. The molecule has 2 aliphatic heterocycles. The van der Waals surface area contributed by atoms with E-state index in [1.165, 1.54) is 0 Å². The molecule has 0 aromatic heterocycles. The van der Waals surface area contributed by atoms with E-state index in [1.54, 1.807) is 4.90 Å². The summed E-state index contributed by atoms with van der Waals surface area (Å²) >= 11 is 0. The predicted molar refractivity (Wildman–Crippen MR) is 88.5 cm³/mol. The van der Waals surface area contributed by atoms with Gasteiger partial charge in [0.1, 0.15) is 6.61 Å². The number of rotatable bonds is 5. The molecule has 2 heterocycles. The molecule has 1 amide bonds. The summed E-state index contributed by atoms with van der Waals surface area (Å²) in [6.45, 7) is 3.86. The van der Waals surface area contributed by atoms with E-state index >= 15 is 0 Å². The summed E-state index contributed by atoms with van der Waals surface area (Å²) in [5.74, 6) is -0.528. The minimum Gasteiger partial charge on any atom is -0.481 e. The van der Waals surface area contributed by atoms with Gasteiger partial charge in [-0.1, -0.05) is 30.3 Å². The normalized spacial score (nSPS) is 22.0. The number of carboxylic acids is 1. The van der Waals surface area contributed by atoms with Crippen molar-refractivity contribution in [1.29, 1.82) is 0 Å². The van der Waals surface area contributed by atoms with Crippen molar-refractivity contribution in [1.82, 2.24) is 9.80 Å². The number of carbonyl (C=O) groups excluding carboxylic acids is 1. The average Bonchev–Trinajstić information content (AvgIpc) is 2.56. The Morgan fingerprint density at radius 2 is 1.92 bits per heavy atom. The van der Waals surface area contributed by atoms with E-state index in [4.69, 9.17) is 9.84 Å². The third-order valence-corrected chi connectivity index (χ3v) is 4.81. The number of benzene rings is 1. The number of amides is 1. The van der Waals surface area contributed by atoms with Crippen LogP contribution in [0.2, 0.25) is 0 Å². The van der Waals surface area contributed by atoms with Crippen molar-refractivity contribution in [2.75, 3.05) is 32.7 Å². The standard InChI is InChI=1S/C18H24N2O4/c21-17(22)16-11-19(12-16)9-15-7-4-8-20(10-15)18(23)24-13-14-5-2-1-3-6-14/h1-3,5-6,15-16H,4,7-13H2,(H,21,22). The molecule has 1 unspecified atom stereocenters. The lowest BCUT2D eigenvalue weighted by Crippen LogP contribution is -2.53. The van der Waals surface area contributed by atoms with Gasteiger partial charge in [0.2, 0.25) is 0 Å². The monoisotopic (exact) mass is 332 g/mol. The maximum Gasteiger partial charge on any atom is 0.410 e. The van der Waals surface area contributed by atoms with Crippen molar-refractivity contribution >= 4 is 12.1 Å². The molecule has 2 aliphatic rings. The first-order valence-corrected chi connectivity index (χ1v) is 8.52. The topological polar surface area (TPSA) is 70.1 Å². The Labute approximate surface area is 142 Å². The van der Waals surface area contributed by atoms with Crippen LogP contribution in [0.25, 0.3) is 0 Å². The van der Waals surface area contributed by atoms with Crippen LogP contribution >= 0.6 is 0 Å². The highest BCUT2D eigenvalue weighted by molar-refractivity contribution is 5.71. The summed E-state index contributed by atoms with van der Waals surface area (Å²) < 4.78 is 5.41. The fraction of sp³-hybridized carbons (Fsp3) is 0.556. The van der Waals surface area contributed by atoms with E-state index in [1.807, 2.05) is 30.3 Å². The summed E-state index contributed by atoms with van der Waals surface area (Å²) in [5.41, 5.74) is 0.986. The zero-order valence-corrected chi connectivity index (χ0v) is 13.8. The molecule has 1 atom stereocenters. The van der Waals surface area contributed by atoms with Crippen molar-refractivity contribution in [3.63, 3.8) is 0 Å². The van der Waals surface area contributed by atoms with Crippen LogP contribution in [0.1, 0.15) is 18.4 Å². The highest BCUT2D eigenvalue weighted by Crippen LogP contribution is 2.23. The van der Waals surface area contributed by atoms with Gasteiger partial charge in [0.05, 0.1) is 5.92 Å². The molecular weight excluding hydrogens is 308 g/mol. The number of aliphatic carboxylic acids is 1. The molecular formula is C18H24N2O4. The van der Waals surface area contributed by atoms with Crippen LogP contribution in [0.4, 0.5) is 4.79 Å². The zero-order valence-electron chi connectivity index (χ0n) is 13.8. The summed E-state index contributed by atoms with van der Waals surface area (Å²) in [7, 11) is 0. The Morgan fingerprint density at radius 3 is 2.62 bits per heavy atom. The molecule has 6 heteroatoms. The molecule has 0 bridgehead atoms. The lowest BCUT2D eigenvalue weighted by atomic mass is 9.93. The maximum atomic E-state index is 12.2. The van der Waals surface area contributed by atoms with Crippen LogP contribution in [-0.2, 0) is 16.1 Å². The summed E-state index contributed by atoms with van der Waals surface area (Å²) in [6, 6.07) is 9.67. The smallest absolute Gasteiger partial charge is 0.410 e. The second-order valence-electron chi connectivity index (χ2n) is 6.75. The van der Waals surface area contributed by atoms with Gasteiger partial charge in [0.15, 0.2) is 0 Å². The van der Waals surface area contributed by atoms with Crippen LogP contribution in [0.5, 0.6) is 0 Å². The Morgan fingerprint density at radius 1 is 1.17 bits per heavy atom. The molecule has 0 spiro atoms. The lowest BCUT2D eigenvalue weighted by molar-refractivity contribution is -0.147. The summed E-state index contributed by atoms with van der Waals surface area (Å²) in [4.78, 5) is 27.0. The highest BCUT2D eigenvalue weighted by Gasteiger charge is 2.35. The molecule has 1 aromatic rings. The molecule has 130 valence electrons. The van der Waals surface area contributed by atoms with Crippen molar-refractivity contribution in [3.8, 4) is 0 Å². The Bertz CT molecular complexity index is 572. The second-order valence-corrected chi connectivity index (χ2v) is 6.75. The lowest BCUT2D eigenvalue weighted by Gasteiger charge is -2.41. The second kappa shape index (κ2) is 7.66. The van der Waals surface area contributed by atoms with Crippen LogP contribution < -0.4 is 0 Å². The van der Waals surface area contributed by atoms with Gasteiger partial charge < -0.3 is 19.6 Å². The van der Waals surface area contributed by atoms with Gasteiger partial charge in [-0.3, -0.25) is 4.79 Å². The molecule has 0 saturated carbocycles. The van der Waals surface area contributed by atoms with Crippen molar-refractivity contribution in [3.05, 3.63) is 35.9 Å². The SMILES string of the molecule is O=C(O)C1CN(CC2CCCN(C(=O)OCc3ccccc3)C2)C1. The van der Waals surface area contributed by atoms with E-state index in [9.17, 15) is 9.59 Å². The fourth-order valence-electron chi connectivity index (χ4n) is 3.43. The number of likely N-dealkylation sites (tertiary alicyclic amines) is 2. The van der Waals surface area contributed by atoms with E-state index in [2.05, 4.69) is 4.90 Å². The van der Waals surface area contributed by atoms with Gasteiger partial charge in [-0.25, -0.2) is 4.79 Å². The van der Waals surface area contributed by atoms with Crippen molar-refractivity contribution < 1.29 is 19.4 Å². The van der Waals surface area contributed by atoms with Crippen LogP contribution in [0.3, 0.4) is 0 Å². The van der Waals surface area contributed by atoms with E-state index < -0.39 is 5.97 Å². The Balaban J connectivity index is 1.42. The molecule has 2 fully saturated rings. The first kappa shape index (κ1) is 16.8. The van der Waals surface area contributed by atoms with Gasteiger partial charge in [-0.2, -0.15) is 0 Å². The molecule has 1 aromatic carbocycles. The van der Waals surface area contributed by atoms with E-state index in [-0.39, 0.29) is 12.0 Å². The van der Waals surface area contributed by atoms with E-state index in [0.29, 0.717) is 32.2 Å². The van der Waals surface area contributed by atoms with Gasteiger partial charge >= 0.3 is 12.1 Å². The Hall–Kier alpha value is -2.08. The molecule has 24 heavy (non-hydrogen) atoms.